The smallest absolute Gasteiger partial charge is 0.207 e. The van der Waals surface area contributed by atoms with Crippen molar-refractivity contribution < 1.29 is 4.79 Å². The molecule has 0 aromatic carbocycles. The highest BCUT2D eigenvalue weighted by Gasteiger charge is 2.67. The van der Waals surface area contributed by atoms with E-state index in [9.17, 15) is 4.79 Å². The molecule has 1 amide bonds. The van der Waals surface area contributed by atoms with Crippen LogP contribution in [0.15, 0.2) is 0 Å². The molecule has 4 atom stereocenters. The topological polar surface area (TPSA) is 29.1 Å². The molecule has 3 rings (SSSR count). The number of hydrogen-bond acceptors (Lipinski definition) is 1. The fraction of sp³-hybridized carbons (Fsp3) is 0.923. The molecule has 2 nitrogen and oxygen atoms in total. The Hall–Kier alpha value is -0.530. The number of carbonyl (C=O) groups excluding carboxylic acids is 1. The molecule has 0 aromatic rings. The number of fused-ring (bicyclic) bond motifs is 5. The van der Waals surface area contributed by atoms with E-state index in [1.54, 1.807) is 0 Å². The summed E-state index contributed by atoms with van der Waals surface area (Å²) in [5.41, 5.74) is 0.670. The molecule has 2 heteroatoms. The molecule has 3 aliphatic carbocycles. The average Bonchev–Trinajstić information content (AvgIpc) is 2.86. The lowest BCUT2D eigenvalue weighted by molar-refractivity contribution is -0.114. The van der Waals surface area contributed by atoms with Crippen LogP contribution in [0.1, 0.15) is 51.9 Å². The third-order valence-electron chi connectivity index (χ3n) is 5.94. The first-order valence-electron chi connectivity index (χ1n) is 6.50. The molecule has 0 aromatic heterocycles. The van der Waals surface area contributed by atoms with Crippen LogP contribution in [0.2, 0.25) is 0 Å². The van der Waals surface area contributed by atoms with E-state index >= 15 is 0 Å². The molecule has 15 heavy (non-hydrogen) atoms. The van der Waals surface area contributed by atoms with E-state index in [0.29, 0.717) is 5.41 Å². The SMILES string of the molecule is CCC12CCCC1(NC=O)C1CCC2C1. The maximum atomic E-state index is 10.9. The van der Waals surface area contributed by atoms with Crippen LogP contribution < -0.4 is 5.32 Å². The predicted molar refractivity (Wildman–Crippen MR) is 59.3 cm³/mol. The van der Waals surface area contributed by atoms with Crippen molar-refractivity contribution in [2.45, 2.75) is 57.4 Å². The molecule has 1 N–H and O–H groups in total. The quantitative estimate of drug-likeness (QED) is 0.708. The summed E-state index contributed by atoms with van der Waals surface area (Å²) in [5.74, 6) is 1.69. The summed E-state index contributed by atoms with van der Waals surface area (Å²) in [4.78, 5) is 10.9. The van der Waals surface area contributed by atoms with Crippen molar-refractivity contribution in [3.05, 3.63) is 0 Å². The summed E-state index contributed by atoms with van der Waals surface area (Å²) in [6.45, 7) is 2.33. The van der Waals surface area contributed by atoms with Crippen LogP contribution in [-0.2, 0) is 4.79 Å². The van der Waals surface area contributed by atoms with Crippen LogP contribution in [0.3, 0.4) is 0 Å². The summed E-state index contributed by atoms with van der Waals surface area (Å²) in [7, 11) is 0. The van der Waals surface area contributed by atoms with Gasteiger partial charge in [0.1, 0.15) is 0 Å². The van der Waals surface area contributed by atoms with E-state index in [2.05, 4.69) is 12.2 Å². The Bertz CT molecular complexity index is 290. The van der Waals surface area contributed by atoms with Crippen molar-refractivity contribution in [2.75, 3.05) is 0 Å². The fourth-order valence-electron chi connectivity index (χ4n) is 5.48. The minimum Gasteiger partial charge on any atom is -0.352 e. The van der Waals surface area contributed by atoms with E-state index in [4.69, 9.17) is 0 Å². The lowest BCUT2D eigenvalue weighted by Gasteiger charge is -2.49. The van der Waals surface area contributed by atoms with Gasteiger partial charge in [0, 0.05) is 5.54 Å². The highest BCUT2D eigenvalue weighted by molar-refractivity contribution is 5.50. The number of nitrogens with one attached hydrogen (secondary N) is 1. The lowest BCUT2D eigenvalue weighted by Crippen LogP contribution is -2.58. The molecule has 3 fully saturated rings. The van der Waals surface area contributed by atoms with Gasteiger partial charge >= 0.3 is 0 Å². The van der Waals surface area contributed by atoms with Crippen molar-refractivity contribution in [3.8, 4) is 0 Å². The second-order valence-electron chi connectivity index (χ2n) is 5.80. The van der Waals surface area contributed by atoms with Gasteiger partial charge in [0.25, 0.3) is 0 Å². The van der Waals surface area contributed by atoms with Crippen molar-refractivity contribution in [3.63, 3.8) is 0 Å². The number of carbonyl (C=O) groups is 1. The number of amides is 1. The van der Waals surface area contributed by atoms with Gasteiger partial charge in [-0.1, -0.05) is 13.3 Å². The van der Waals surface area contributed by atoms with E-state index in [0.717, 1.165) is 18.2 Å². The zero-order chi connectivity index (χ0) is 10.5. The molecule has 0 heterocycles. The highest BCUT2D eigenvalue weighted by atomic mass is 16.1. The normalized spacial score (nSPS) is 51.8. The first-order chi connectivity index (χ1) is 7.29. The zero-order valence-electron chi connectivity index (χ0n) is 9.59. The largest absolute Gasteiger partial charge is 0.352 e. The summed E-state index contributed by atoms with van der Waals surface area (Å²) in [6, 6.07) is 0. The zero-order valence-corrected chi connectivity index (χ0v) is 9.59. The minimum absolute atomic E-state index is 0.201. The van der Waals surface area contributed by atoms with Crippen LogP contribution in [0, 0.1) is 17.3 Å². The molecule has 2 bridgehead atoms. The molecular weight excluding hydrogens is 186 g/mol. The van der Waals surface area contributed by atoms with Gasteiger partial charge in [-0.2, -0.15) is 0 Å². The third kappa shape index (κ3) is 0.896. The first-order valence-corrected chi connectivity index (χ1v) is 6.50. The predicted octanol–water partition coefficient (Wildman–Crippen LogP) is 2.48. The van der Waals surface area contributed by atoms with Gasteiger partial charge < -0.3 is 5.32 Å². The summed E-state index contributed by atoms with van der Waals surface area (Å²) < 4.78 is 0. The first kappa shape index (κ1) is 9.68. The Balaban J connectivity index is 2.04. The van der Waals surface area contributed by atoms with Crippen molar-refractivity contribution in [2.24, 2.45) is 17.3 Å². The Morgan fingerprint density at radius 2 is 2.13 bits per heavy atom. The van der Waals surface area contributed by atoms with Crippen molar-refractivity contribution in [1.29, 1.82) is 0 Å². The Labute approximate surface area is 91.8 Å². The van der Waals surface area contributed by atoms with Gasteiger partial charge in [0.2, 0.25) is 6.41 Å². The molecule has 4 unspecified atom stereocenters. The van der Waals surface area contributed by atoms with Crippen LogP contribution >= 0.6 is 0 Å². The van der Waals surface area contributed by atoms with Gasteiger partial charge in [-0.3, -0.25) is 4.79 Å². The molecule has 3 aliphatic rings. The maximum absolute atomic E-state index is 10.9. The Morgan fingerprint density at radius 3 is 2.87 bits per heavy atom. The van der Waals surface area contributed by atoms with Crippen LogP contribution in [0.4, 0.5) is 0 Å². The van der Waals surface area contributed by atoms with Crippen molar-refractivity contribution in [1.82, 2.24) is 5.32 Å². The van der Waals surface area contributed by atoms with Crippen molar-refractivity contribution >= 4 is 6.41 Å². The summed E-state index contributed by atoms with van der Waals surface area (Å²) in [6.07, 6.45) is 10.3. The molecule has 0 spiro atoms. The maximum Gasteiger partial charge on any atom is 0.207 e. The highest BCUT2D eigenvalue weighted by Crippen LogP contribution is 2.69. The van der Waals surface area contributed by atoms with Gasteiger partial charge in [-0.25, -0.2) is 0 Å². The van der Waals surface area contributed by atoms with Crippen LogP contribution in [0.25, 0.3) is 0 Å². The minimum atomic E-state index is 0.201. The van der Waals surface area contributed by atoms with E-state index in [1.165, 1.54) is 44.9 Å². The second-order valence-corrected chi connectivity index (χ2v) is 5.80. The fourth-order valence-corrected chi connectivity index (χ4v) is 5.48. The summed E-state index contributed by atoms with van der Waals surface area (Å²) >= 11 is 0. The second kappa shape index (κ2) is 2.99. The average molecular weight is 207 g/mol. The third-order valence-corrected chi connectivity index (χ3v) is 5.94. The Kier molecular flexibility index (Phi) is 1.93. The van der Waals surface area contributed by atoms with Gasteiger partial charge in [-0.15, -0.1) is 0 Å². The van der Waals surface area contributed by atoms with Crippen LogP contribution in [-0.4, -0.2) is 11.9 Å². The van der Waals surface area contributed by atoms with E-state index < -0.39 is 0 Å². The molecular formula is C13H21NO. The lowest BCUT2D eigenvalue weighted by atomic mass is 9.61. The van der Waals surface area contributed by atoms with Crippen LogP contribution in [0.5, 0.6) is 0 Å². The van der Waals surface area contributed by atoms with E-state index in [1.807, 2.05) is 0 Å². The molecule has 0 aliphatic heterocycles. The van der Waals surface area contributed by atoms with Gasteiger partial charge in [0.05, 0.1) is 0 Å². The van der Waals surface area contributed by atoms with E-state index in [-0.39, 0.29) is 5.54 Å². The number of rotatable bonds is 3. The molecule has 84 valence electrons. The summed E-state index contributed by atoms with van der Waals surface area (Å²) in [5, 5.41) is 3.26. The monoisotopic (exact) mass is 207 g/mol. The standard InChI is InChI=1S/C13H21NO/c1-2-12-6-3-7-13(12,14-9-15)11-5-4-10(12)8-11/h9-11H,2-8H2,1H3,(H,14,15). The van der Waals surface area contributed by atoms with Gasteiger partial charge in [0.15, 0.2) is 0 Å². The Morgan fingerprint density at radius 1 is 1.33 bits per heavy atom. The molecule has 3 saturated carbocycles. The molecule has 0 saturated heterocycles. The van der Waals surface area contributed by atoms with Gasteiger partial charge in [-0.05, 0) is 55.8 Å². The molecule has 0 radical (unpaired) electrons. The number of hydrogen-bond donors (Lipinski definition) is 1.